The van der Waals surface area contributed by atoms with Crippen molar-refractivity contribution in [1.82, 2.24) is 0 Å². The second kappa shape index (κ2) is 4.02. The molecule has 1 aromatic carbocycles. The first-order valence-electron chi connectivity index (χ1n) is 3.07. The lowest BCUT2D eigenvalue weighted by molar-refractivity contribution is 0.112. The van der Waals surface area contributed by atoms with Gasteiger partial charge in [-0.25, -0.2) is 0 Å². The van der Waals surface area contributed by atoms with Gasteiger partial charge in [0.05, 0.1) is 0 Å². The summed E-state index contributed by atoms with van der Waals surface area (Å²) >= 11 is 6.59. The molecule has 58 valence electrons. The molecule has 0 bridgehead atoms. The van der Waals surface area contributed by atoms with E-state index in [0.717, 1.165) is 21.7 Å². The molecule has 0 fully saturated rings. The van der Waals surface area contributed by atoms with Crippen LogP contribution in [-0.2, 0) is 5.33 Å². The molecule has 0 radical (unpaired) electrons. The Kier molecular flexibility index (Phi) is 3.27. The summed E-state index contributed by atoms with van der Waals surface area (Å²) in [6.45, 7) is 0. The maximum Gasteiger partial charge on any atom is 0.151 e. The Bertz CT molecular complexity index is 271. The van der Waals surface area contributed by atoms with E-state index in [9.17, 15) is 4.79 Å². The van der Waals surface area contributed by atoms with E-state index >= 15 is 0 Å². The van der Waals surface area contributed by atoms with Crippen LogP contribution in [0.15, 0.2) is 22.7 Å². The molecule has 0 unspecified atom stereocenters. The number of hydrogen-bond donors (Lipinski definition) is 0. The Morgan fingerprint density at radius 3 is 2.73 bits per heavy atom. The maximum atomic E-state index is 10.5. The van der Waals surface area contributed by atoms with E-state index < -0.39 is 0 Å². The van der Waals surface area contributed by atoms with E-state index in [1.807, 2.05) is 18.2 Å². The molecule has 0 heterocycles. The van der Waals surface area contributed by atoms with Crippen LogP contribution in [0, 0.1) is 0 Å². The highest BCUT2D eigenvalue weighted by Crippen LogP contribution is 2.17. The molecule has 0 aliphatic carbocycles. The number of aldehydes is 1. The predicted octanol–water partition coefficient (Wildman–Crippen LogP) is 3.16. The van der Waals surface area contributed by atoms with Crippen LogP contribution in [0.1, 0.15) is 15.9 Å². The van der Waals surface area contributed by atoms with E-state index in [4.69, 9.17) is 0 Å². The van der Waals surface area contributed by atoms with Gasteiger partial charge in [-0.1, -0.05) is 37.9 Å². The van der Waals surface area contributed by atoms with Crippen LogP contribution in [0.3, 0.4) is 0 Å². The van der Waals surface area contributed by atoms with E-state index in [2.05, 4.69) is 31.9 Å². The highest BCUT2D eigenvalue weighted by atomic mass is 79.9. The van der Waals surface area contributed by atoms with Crippen molar-refractivity contribution in [1.29, 1.82) is 0 Å². The minimum Gasteiger partial charge on any atom is -0.298 e. The van der Waals surface area contributed by atoms with Crippen LogP contribution in [0.4, 0.5) is 0 Å². The van der Waals surface area contributed by atoms with Crippen molar-refractivity contribution in [2.45, 2.75) is 5.33 Å². The molecule has 0 N–H and O–H groups in total. The van der Waals surface area contributed by atoms with Gasteiger partial charge in [0.1, 0.15) is 0 Å². The minimum atomic E-state index is 0.696. The summed E-state index contributed by atoms with van der Waals surface area (Å²) in [5.41, 5.74) is 1.80. The fourth-order valence-corrected chi connectivity index (χ4v) is 1.46. The van der Waals surface area contributed by atoms with Crippen molar-refractivity contribution in [3.05, 3.63) is 33.8 Å². The summed E-state index contributed by atoms with van der Waals surface area (Å²) in [4.78, 5) is 10.5. The second-order valence-electron chi connectivity index (χ2n) is 2.11. The van der Waals surface area contributed by atoms with Gasteiger partial charge < -0.3 is 0 Å². The van der Waals surface area contributed by atoms with Gasteiger partial charge >= 0.3 is 0 Å². The average molecular weight is 278 g/mol. The van der Waals surface area contributed by atoms with Gasteiger partial charge in [-0.15, -0.1) is 0 Å². The van der Waals surface area contributed by atoms with E-state index in [1.54, 1.807) is 0 Å². The SMILES string of the molecule is O=Cc1cc(CBr)ccc1Br. The van der Waals surface area contributed by atoms with Crippen molar-refractivity contribution in [2.75, 3.05) is 0 Å². The molecule has 1 nitrogen and oxygen atoms in total. The van der Waals surface area contributed by atoms with Gasteiger partial charge in [0.2, 0.25) is 0 Å². The zero-order valence-electron chi connectivity index (χ0n) is 5.68. The van der Waals surface area contributed by atoms with E-state index in [-0.39, 0.29) is 0 Å². The molecular formula is C8H6Br2O. The number of hydrogen-bond acceptors (Lipinski definition) is 1. The molecule has 0 aromatic heterocycles. The molecule has 1 rings (SSSR count). The van der Waals surface area contributed by atoms with E-state index in [1.165, 1.54) is 0 Å². The van der Waals surface area contributed by atoms with Crippen molar-refractivity contribution in [2.24, 2.45) is 0 Å². The third-order valence-electron chi connectivity index (χ3n) is 1.34. The number of carbonyl (C=O) groups excluding carboxylic acids is 1. The first kappa shape index (κ1) is 8.94. The Hall–Kier alpha value is -0.150. The normalized spacial score (nSPS) is 9.64. The molecule has 0 spiro atoms. The van der Waals surface area contributed by atoms with Gasteiger partial charge in [0, 0.05) is 15.4 Å². The first-order valence-corrected chi connectivity index (χ1v) is 4.99. The van der Waals surface area contributed by atoms with Crippen LogP contribution in [0.2, 0.25) is 0 Å². The Morgan fingerprint density at radius 1 is 1.45 bits per heavy atom. The lowest BCUT2D eigenvalue weighted by Gasteiger charge is -1.98. The van der Waals surface area contributed by atoms with Gasteiger partial charge in [-0.05, 0) is 17.7 Å². The Balaban J connectivity index is 3.12. The average Bonchev–Trinajstić information content (AvgIpc) is 2.05. The first-order chi connectivity index (χ1) is 5.27. The molecule has 0 aliphatic rings. The molecule has 11 heavy (non-hydrogen) atoms. The molecule has 0 saturated heterocycles. The predicted molar refractivity (Wildman–Crippen MR) is 52.2 cm³/mol. The Labute approximate surface area is 82.1 Å². The van der Waals surface area contributed by atoms with Crippen LogP contribution in [-0.4, -0.2) is 6.29 Å². The third-order valence-corrected chi connectivity index (χ3v) is 2.71. The molecule has 0 amide bonds. The molecule has 0 aliphatic heterocycles. The fraction of sp³-hybridized carbons (Fsp3) is 0.125. The quantitative estimate of drug-likeness (QED) is 0.600. The molecule has 3 heteroatoms. The summed E-state index contributed by atoms with van der Waals surface area (Å²) < 4.78 is 0.845. The summed E-state index contributed by atoms with van der Waals surface area (Å²) in [5, 5.41) is 0.779. The lowest BCUT2D eigenvalue weighted by Crippen LogP contribution is -1.84. The Morgan fingerprint density at radius 2 is 2.18 bits per heavy atom. The minimum absolute atomic E-state index is 0.696. The summed E-state index contributed by atoms with van der Waals surface area (Å²) in [5.74, 6) is 0. The summed E-state index contributed by atoms with van der Waals surface area (Å²) in [7, 11) is 0. The second-order valence-corrected chi connectivity index (χ2v) is 3.52. The number of alkyl halides is 1. The fourth-order valence-electron chi connectivity index (χ4n) is 0.767. The number of carbonyl (C=O) groups is 1. The van der Waals surface area contributed by atoms with E-state index in [0.29, 0.717) is 5.56 Å². The maximum absolute atomic E-state index is 10.5. The van der Waals surface area contributed by atoms with Crippen molar-refractivity contribution in [3.63, 3.8) is 0 Å². The lowest BCUT2D eigenvalue weighted by atomic mass is 10.2. The monoisotopic (exact) mass is 276 g/mol. The van der Waals surface area contributed by atoms with Gasteiger partial charge in [-0.3, -0.25) is 4.79 Å². The number of benzene rings is 1. The summed E-state index contributed by atoms with van der Waals surface area (Å²) in [6.07, 6.45) is 0.843. The zero-order chi connectivity index (χ0) is 8.27. The van der Waals surface area contributed by atoms with Crippen LogP contribution in [0.5, 0.6) is 0 Å². The highest BCUT2D eigenvalue weighted by Gasteiger charge is 1.98. The van der Waals surface area contributed by atoms with Gasteiger partial charge in [-0.2, -0.15) is 0 Å². The van der Waals surface area contributed by atoms with Gasteiger partial charge in [0.15, 0.2) is 6.29 Å². The molecule has 0 atom stereocenters. The molecular weight excluding hydrogens is 272 g/mol. The largest absolute Gasteiger partial charge is 0.298 e. The topological polar surface area (TPSA) is 17.1 Å². The van der Waals surface area contributed by atoms with Crippen LogP contribution in [0.25, 0.3) is 0 Å². The van der Waals surface area contributed by atoms with Crippen molar-refractivity contribution in [3.8, 4) is 0 Å². The van der Waals surface area contributed by atoms with Gasteiger partial charge in [0.25, 0.3) is 0 Å². The van der Waals surface area contributed by atoms with Crippen molar-refractivity contribution < 1.29 is 4.79 Å². The molecule has 1 aromatic rings. The van der Waals surface area contributed by atoms with Crippen LogP contribution >= 0.6 is 31.9 Å². The van der Waals surface area contributed by atoms with Crippen LogP contribution < -0.4 is 0 Å². The number of rotatable bonds is 2. The van der Waals surface area contributed by atoms with Crippen molar-refractivity contribution >= 4 is 38.1 Å². The zero-order valence-corrected chi connectivity index (χ0v) is 8.85. The third kappa shape index (κ3) is 2.14. The number of halogens is 2. The smallest absolute Gasteiger partial charge is 0.151 e. The highest BCUT2D eigenvalue weighted by molar-refractivity contribution is 9.10. The molecule has 0 saturated carbocycles. The summed E-state index contributed by atoms with van der Waals surface area (Å²) in [6, 6.07) is 5.69. The standard InChI is InChI=1S/C8H6Br2O/c9-4-6-1-2-8(10)7(3-6)5-11/h1-3,5H,4H2.